The fourth-order valence-corrected chi connectivity index (χ4v) is 4.64. The Hall–Kier alpha value is -0.180. The van der Waals surface area contributed by atoms with Crippen LogP contribution < -0.4 is 16.0 Å². The fourth-order valence-electron chi connectivity index (χ4n) is 3.40. The molecule has 0 aromatic heterocycles. The van der Waals surface area contributed by atoms with Crippen LogP contribution in [0.5, 0.6) is 0 Å². The van der Waals surface area contributed by atoms with Crippen LogP contribution in [-0.4, -0.2) is 49.0 Å². The number of nitrogens with one attached hydrogen (secondary N) is 3. The van der Waals surface area contributed by atoms with Gasteiger partial charge in [0.15, 0.2) is 5.96 Å². The maximum absolute atomic E-state index is 11.9. The van der Waals surface area contributed by atoms with Gasteiger partial charge in [0.2, 0.25) is 5.91 Å². The van der Waals surface area contributed by atoms with Gasteiger partial charge in [-0.1, -0.05) is 12.8 Å². The van der Waals surface area contributed by atoms with Crippen LogP contribution in [0.3, 0.4) is 0 Å². The average molecular weight is 468 g/mol. The summed E-state index contributed by atoms with van der Waals surface area (Å²) < 4.78 is 0.327. The van der Waals surface area contributed by atoms with Crippen molar-refractivity contribution in [2.75, 3.05) is 32.4 Å². The summed E-state index contributed by atoms with van der Waals surface area (Å²) in [4.78, 5) is 16.1. The zero-order chi connectivity index (χ0) is 16.5. The highest BCUT2D eigenvalue weighted by atomic mass is 127. The van der Waals surface area contributed by atoms with Crippen LogP contribution in [-0.2, 0) is 4.79 Å². The number of guanidine groups is 1. The highest BCUT2D eigenvalue weighted by molar-refractivity contribution is 14.0. The molecule has 1 aliphatic heterocycles. The molecule has 1 aliphatic carbocycles. The zero-order valence-electron chi connectivity index (χ0n) is 15.0. The normalized spacial score (nSPS) is 24.5. The van der Waals surface area contributed by atoms with Gasteiger partial charge < -0.3 is 16.0 Å². The van der Waals surface area contributed by atoms with E-state index in [1.165, 1.54) is 44.3 Å². The Balaban J connectivity index is 0.00000288. The number of carbonyl (C=O) groups excluding carboxylic acids is 1. The van der Waals surface area contributed by atoms with Gasteiger partial charge >= 0.3 is 0 Å². The number of aliphatic imine (C=N–C) groups is 1. The molecule has 2 fully saturated rings. The minimum absolute atomic E-state index is 0. The lowest BCUT2D eigenvalue weighted by molar-refractivity contribution is -0.121. The van der Waals surface area contributed by atoms with Crippen LogP contribution in [0, 0.1) is 5.92 Å². The van der Waals surface area contributed by atoms with E-state index < -0.39 is 0 Å². The first-order chi connectivity index (χ1) is 11.1. The number of hydrogen-bond donors (Lipinski definition) is 3. The fraction of sp³-hybridized carbons (Fsp3) is 0.882. The van der Waals surface area contributed by atoms with Crippen LogP contribution in [0.4, 0.5) is 0 Å². The van der Waals surface area contributed by atoms with Crippen LogP contribution in [0.1, 0.15) is 51.9 Å². The number of amides is 1. The van der Waals surface area contributed by atoms with Crippen molar-refractivity contribution >= 4 is 47.6 Å². The highest BCUT2D eigenvalue weighted by Gasteiger charge is 2.29. The predicted octanol–water partition coefficient (Wildman–Crippen LogP) is 2.75. The summed E-state index contributed by atoms with van der Waals surface area (Å²) in [5.74, 6) is 2.89. The molecule has 1 atom stereocenters. The molecule has 2 rings (SSSR count). The van der Waals surface area contributed by atoms with E-state index in [0.717, 1.165) is 12.5 Å². The van der Waals surface area contributed by atoms with Gasteiger partial charge in [0, 0.05) is 37.8 Å². The maximum atomic E-state index is 11.9. The summed E-state index contributed by atoms with van der Waals surface area (Å²) in [5, 5.41) is 9.68. The van der Waals surface area contributed by atoms with Crippen LogP contribution >= 0.6 is 35.7 Å². The Morgan fingerprint density at radius 2 is 1.88 bits per heavy atom. The molecule has 140 valence electrons. The molecule has 0 bridgehead atoms. The maximum Gasteiger partial charge on any atom is 0.220 e. The Labute approximate surface area is 168 Å². The largest absolute Gasteiger partial charge is 0.355 e. The molecule has 1 amide bonds. The molecule has 0 spiro atoms. The third-order valence-electron chi connectivity index (χ3n) is 4.84. The van der Waals surface area contributed by atoms with Crippen molar-refractivity contribution in [2.24, 2.45) is 10.9 Å². The van der Waals surface area contributed by atoms with E-state index in [1.54, 1.807) is 7.05 Å². The van der Waals surface area contributed by atoms with Gasteiger partial charge in [0.1, 0.15) is 0 Å². The van der Waals surface area contributed by atoms with Gasteiger partial charge in [-0.3, -0.25) is 9.79 Å². The molecule has 1 saturated carbocycles. The summed E-state index contributed by atoms with van der Waals surface area (Å²) in [6, 6.07) is 0. The number of thioether (sulfide) groups is 1. The molecule has 1 heterocycles. The van der Waals surface area contributed by atoms with E-state index in [-0.39, 0.29) is 29.9 Å². The lowest BCUT2D eigenvalue weighted by atomic mass is 10.0. The summed E-state index contributed by atoms with van der Waals surface area (Å²) in [6.07, 6.45) is 8.29. The van der Waals surface area contributed by atoms with Crippen molar-refractivity contribution in [1.82, 2.24) is 16.0 Å². The molecule has 2 aliphatic rings. The van der Waals surface area contributed by atoms with Crippen molar-refractivity contribution in [3.05, 3.63) is 0 Å². The Kier molecular flexibility index (Phi) is 10.4. The van der Waals surface area contributed by atoms with Crippen LogP contribution in [0.2, 0.25) is 0 Å². The number of halogens is 1. The van der Waals surface area contributed by atoms with Gasteiger partial charge in [-0.05, 0) is 44.3 Å². The first-order valence-corrected chi connectivity index (χ1v) is 9.95. The van der Waals surface area contributed by atoms with Crippen molar-refractivity contribution in [1.29, 1.82) is 0 Å². The lowest BCUT2D eigenvalue weighted by Gasteiger charge is -2.24. The second-order valence-corrected chi connectivity index (χ2v) is 8.64. The average Bonchev–Trinajstić information content (AvgIpc) is 3.19. The van der Waals surface area contributed by atoms with Crippen molar-refractivity contribution in [2.45, 2.75) is 56.6 Å². The van der Waals surface area contributed by atoms with Gasteiger partial charge in [0.05, 0.1) is 0 Å². The summed E-state index contributed by atoms with van der Waals surface area (Å²) >= 11 is 2.04. The molecular formula is C17H33IN4OS. The second kappa shape index (κ2) is 11.4. The third-order valence-corrected chi connectivity index (χ3v) is 6.38. The van der Waals surface area contributed by atoms with Gasteiger partial charge in [-0.15, -0.1) is 24.0 Å². The lowest BCUT2D eigenvalue weighted by Crippen LogP contribution is -2.45. The van der Waals surface area contributed by atoms with Crippen molar-refractivity contribution < 1.29 is 4.79 Å². The first-order valence-electron chi connectivity index (χ1n) is 8.96. The Bertz CT molecular complexity index is 407. The van der Waals surface area contributed by atoms with Crippen LogP contribution in [0.25, 0.3) is 0 Å². The number of nitrogens with zero attached hydrogens (tertiary/aromatic N) is 1. The molecule has 1 unspecified atom stereocenters. The standard InChI is InChI=1S/C17H32N4OS.HI/c1-17(8-5-11-23-17)13-21-16(18-2)20-10-9-19-15(22)12-14-6-3-4-7-14;/h14H,3-13H2,1-2H3,(H,19,22)(H2,18,20,21);1H. The SMILES string of the molecule is CN=C(NCCNC(=O)CC1CCCC1)NCC1(C)CCCS1.I. The summed E-state index contributed by atoms with van der Waals surface area (Å²) in [5.41, 5.74) is 0. The minimum Gasteiger partial charge on any atom is -0.355 e. The van der Waals surface area contributed by atoms with E-state index in [2.05, 4.69) is 27.9 Å². The molecule has 0 radical (unpaired) electrons. The van der Waals surface area contributed by atoms with E-state index >= 15 is 0 Å². The Morgan fingerprint density at radius 3 is 2.50 bits per heavy atom. The van der Waals surface area contributed by atoms with Gasteiger partial charge in [-0.2, -0.15) is 11.8 Å². The van der Waals surface area contributed by atoms with E-state index in [4.69, 9.17) is 0 Å². The van der Waals surface area contributed by atoms with E-state index in [0.29, 0.717) is 30.2 Å². The minimum atomic E-state index is 0. The molecule has 3 N–H and O–H groups in total. The van der Waals surface area contributed by atoms with Crippen molar-refractivity contribution in [3.63, 3.8) is 0 Å². The molecule has 0 aromatic carbocycles. The first kappa shape index (κ1) is 21.9. The van der Waals surface area contributed by atoms with E-state index in [9.17, 15) is 4.79 Å². The molecule has 0 aromatic rings. The monoisotopic (exact) mass is 468 g/mol. The van der Waals surface area contributed by atoms with Gasteiger partial charge in [0.25, 0.3) is 0 Å². The number of carbonyl (C=O) groups is 1. The number of rotatable bonds is 7. The Morgan fingerprint density at radius 1 is 1.17 bits per heavy atom. The molecular weight excluding hydrogens is 435 g/mol. The molecule has 24 heavy (non-hydrogen) atoms. The summed E-state index contributed by atoms with van der Waals surface area (Å²) in [7, 11) is 1.79. The highest BCUT2D eigenvalue weighted by Crippen LogP contribution is 2.36. The van der Waals surface area contributed by atoms with Gasteiger partial charge in [-0.25, -0.2) is 0 Å². The summed E-state index contributed by atoms with van der Waals surface area (Å²) in [6.45, 7) is 4.61. The smallest absolute Gasteiger partial charge is 0.220 e. The topological polar surface area (TPSA) is 65.5 Å². The third kappa shape index (κ3) is 7.80. The van der Waals surface area contributed by atoms with Crippen LogP contribution in [0.15, 0.2) is 4.99 Å². The molecule has 1 saturated heterocycles. The van der Waals surface area contributed by atoms with Crippen molar-refractivity contribution in [3.8, 4) is 0 Å². The van der Waals surface area contributed by atoms with E-state index in [1.807, 2.05) is 11.8 Å². The quantitative estimate of drug-likeness (QED) is 0.233. The number of hydrogen-bond acceptors (Lipinski definition) is 3. The molecule has 7 heteroatoms. The zero-order valence-corrected chi connectivity index (χ0v) is 18.2. The molecule has 5 nitrogen and oxygen atoms in total. The predicted molar refractivity (Wildman–Crippen MR) is 114 cm³/mol. The second-order valence-electron chi connectivity index (χ2n) is 6.96.